The van der Waals surface area contributed by atoms with E-state index in [-0.39, 0.29) is 0 Å². The SMILES string of the molecule is O=C(O)CCN1CCC1. The van der Waals surface area contributed by atoms with Gasteiger partial charge in [0.15, 0.2) is 0 Å². The Kier molecular flexibility index (Phi) is 2.05. The molecule has 1 heterocycles. The molecule has 1 N–H and O–H groups in total. The second kappa shape index (κ2) is 2.82. The molecule has 1 aliphatic heterocycles. The standard InChI is InChI=1S/C6H11NO2/c8-6(9)2-5-7-3-1-4-7/h1-5H2,(H,8,9). The molecule has 0 saturated carbocycles. The van der Waals surface area contributed by atoms with Gasteiger partial charge in [-0.15, -0.1) is 0 Å². The average Bonchev–Trinajstić information content (AvgIpc) is 1.60. The lowest BCUT2D eigenvalue weighted by Gasteiger charge is -2.29. The lowest BCUT2D eigenvalue weighted by atomic mass is 10.2. The molecule has 1 saturated heterocycles. The van der Waals surface area contributed by atoms with Crippen molar-refractivity contribution in [1.29, 1.82) is 0 Å². The Morgan fingerprint density at radius 1 is 1.56 bits per heavy atom. The van der Waals surface area contributed by atoms with Gasteiger partial charge in [-0.25, -0.2) is 0 Å². The van der Waals surface area contributed by atoms with Crippen LogP contribution in [0.15, 0.2) is 0 Å². The van der Waals surface area contributed by atoms with Gasteiger partial charge < -0.3 is 10.0 Å². The van der Waals surface area contributed by atoms with Gasteiger partial charge in [0.1, 0.15) is 0 Å². The first kappa shape index (κ1) is 6.55. The Hall–Kier alpha value is -0.570. The number of rotatable bonds is 3. The molecule has 0 aromatic rings. The fraction of sp³-hybridized carbons (Fsp3) is 0.833. The van der Waals surface area contributed by atoms with E-state index in [0.717, 1.165) is 19.6 Å². The molecule has 0 bridgehead atoms. The summed E-state index contributed by atoms with van der Waals surface area (Å²) in [6.07, 6.45) is 1.53. The Morgan fingerprint density at radius 3 is 2.56 bits per heavy atom. The predicted molar refractivity (Wildman–Crippen MR) is 33.3 cm³/mol. The van der Waals surface area contributed by atoms with Crippen LogP contribution in [0.1, 0.15) is 12.8 Å². The van der Waals surface area contributed by atoms with Crippen LogP contribution in [0.5, 0.6) is 0 Å². The molecule has 0 unspecified atom stereocenters. The molecule has 9 heavy (non-hydrogen) atoms. The minimum absolute atomic E-state index is 0.292. The molecule has 0 spiro atoms. The molecule has 1 fully saturated rings. The predicted octanol–water partition coefficient (Wildman–Crippen LogP) is 0.167. The zero-order valence-electron chi connectivity index (χ0n) is 5.34. The fourth-order valence-corrected chi connectivity index (χ4v) is 0.859. The number of carboxylic acid groups (broad SMARTS) is 1. The first-order valence-corrected chi connectivity index (χ1v) is 3.23. The van der Waals surface area contributed by atoms with Gasteiger partial charge in [-0.2, -0.15) is 0 Å². The van der Waals surface area contributed by atoms with Crippen LogP contribution < -0.4 is 0 Å². The molecular formula is C6H11NO2. The minimum atomic E-state index is -0.693. The van der Waals surface area contributed by atoms with Gasteiger partial charge in [-0.05, 0) is 19.5 Å². The third kappa shape index (κ3) is 2.01. The molecule has 0 amide bonds. The maximum absolute atomic E-state index is 10.0. The van der Waals surface area contributed by atoms with E-state index in [1.54, 1.807) is 0 Å². The molecule has 3 nitrogen and oxygen atoms in total. The zero-order chi connectivity index (χ0) is 6.69. The third-order valence-electron chi connectivity index (χ3n) is 1.59. The van der Waals surface area contributed by atoms with E-state index in [9.17, 15) is 4.79 Å². The maximum atomic E-state index is 10.0. The topological polar surface area (TPSA) is 40.5 Å². The highest BCUT2D eigenvalue weighted by molar-refractivity contribution is 5.66. The van der Waals surface area contributed by atoms with E-state index in [0.29, 0.717) is 6.42 Å². The Labute approximate surface area is 54.3 Å². The van der Waals surface area contributed by atoms with Crippen molar-refractivity contribution in [2.24, 2.45) is 0 Å². The van der Waals surface area contributed by atoms with Crippen molar-refractivity contribution in [3.8, 4) is 0 Å². The monoisotopic (exact) mass is 129 g/mol. The summed E-state index contributed by atoms with van der Waals surface area (Å²) in [4.78, 5) is 12.2. The van der Waals surface area contributed by atoms with E-state index in [4.69, 9.17) is 5.11 Å². The normalized spacial score (nSPS) is 19.1. The van der Waals surface area contributed by atoms with Gasteiger partial charge in [0, 0.05) is 6.54 Å². The first-order valence-electron chi connectivity index (χ1n) is 3.23. The highest BCUT2D eigenvalue weighted by Gasteiger charge is 2.13. The molecule has 3 heteroatoms. The third-order valence-corrected chi connectivity index (χ3v) is 1.59. The first-order chi connectivity index (χ1) is 4.29. The summed E-state index contributed by atoms with van der Waals surface area (Å²) in [7, 11) is 0. The van der Waals surface area contributed by atoms with Crippen LogP contribution in [-0.2, 0) is 4.79 Å². The Bertz CT molecular complexity index is 110. The van der Waals surface area contributed by atoms with Crippen LogP contribution in [0.4, 0.5) is 0 Å². The van der Waals surface area contributed by atoms with Crippen LogP contribution in [0.2, 0.25) is 0 Å². The highest BCUT2D eigenvalue weighted by Crippen LogP contribution is 2.04. The zero-order valence-corrected chi connectivity index (χ0v) is 5.34. The van der Waals surface area contributed by atoms with Crippen LogP contribution in [0.25, 0.3) is 0 Å². The van der Waals surface area contributed by atoms with Crippen LogP contribution in [0, 0.1) is 0 Å². The number of carboxylic acids is 1. The van der Waals surface area contributed by atoms with E-state index in [1.165, 1.54) is 6.42 Å². The lowest BCUT2D eigenvalue weighted by Crippen LogP contribution is -2.38. The molecule has 0 atom stereocenters. The summed E-state index contributed by atoms with van der Waals surface area (Å²) < 4.78 is 0. The molecule has 0 aromatic heterocycles. The molecule has 0 aromatic carbocycles. The number of hydrogen-bond acceptors (Lipinski definition) is 2. The average molecular weight is 129 g/mol. The second-order valence-corrected chi connectivity index (χ2v) is 2.34. The summed E-state index contributed by atoms with van der Waals surface area (Å²) in [5.41, 5.74) is 0. The number of likely N-dealkylation sites (tertiary alicyclic amines) is 1. The van der Waals surface area contributed by atoms with Crippen molar-refractivity contribution in [1.82, 2.24) is 4.90 Å². The van der Waals surface area contributed by atoms with Crippen molar-refractivity contribution in [2.75, 3.05) is 19.6 Å². The molecule has 0 aliphatic carbocycles. The van der Waals surface area contributed by atoms with Crippen molar-refractivity contribution in [3.63, 3.8) is 0 Å². The maximum Gasteiger partial charge on any atom is 0.304 e. The Balaban J connectivity index is 1.97. The summed E-state index contributed by atoms with van der Waals surface area (Å²) >= 11 is 0. The van der Waals surface area contributed by atoms with Crippen LogP contribution >= 0.6 is 0 Å². The van der Waals surface area contributed by atoms with Crippen molar-refractivity contribution in [3.05, 3.63) is 0 Å². The molecule has 0 radical (unpaired) electrons. The van der Waals surface area contributed by atoms with Gasteiger partial charge in [0.05, 0.1) is 6.42 Å². The smallest absolute Gasteiger partial charge is 0.304 e. The number of carbonyl (C=O) groups is 1. The van der Waals surface area contributed by atoms with Gasteiger partial charge in [0.25, 0.3) is 0 Å². The highest BCUT2D eigenvalue weighted by atomic mass is 16.4. The number of hydrogen-bond donors (Lipinski definition) is 1. The van der Waals surface area contributed by atoms with Gasteiger partial charge in [-0.3, -0.25) is 4.79 Å². The quantitative estimate of drug-likeness (QED) is 0.590. The molecule has 1 rings (SSSR count). The van der Waals surface area contributed by atoms with Gasteiger partial charge in [-0.1, -0.05) is 0 Å². The van der Waals surface area contributed by atoms with Gasteiger partial charge in [0.2, 0.25) is 0 Å². The molecular weight excluding hydrogens is 118 g/mol. The van der Waals surface area contributed by atoms with E-state index < -0.39 is 5.97 Å². The Morgan fingerprint density at radius 2 is 2.22 bits per heavy atom. The minimum Gasteiger partial charge on any atom is -0.481 e. The second-order valence-electron chi connectivity index (χ2n) is 2.34. The van der Waals surface area contributed by atoms with E-state index >= 15 is 0 Å². The number of aliphatic carboxylic acids is 1. The summed E-state index contributed by atoms with van der Waals surface area (Å²) in [5, 5.41) is 8.26. The summed E-state index contributed by atoms with van der Waals surface area (Å²) in [6.45, 7) is 2.91. The fourth-order valence-electron chi connectivity index (χ4n) is 0.859. The number of nitrogens with zero attached hydrogens (tertiary/aromatic N) is 1. The van der Waals surface area contributed by atoms with Crippen LogP contribution in [0.3, 0.4) is 0 Å². The molecule has 52 valence electrons. The van der Waals surface area contributed by atoms with E-state index in [2.05, 4.69) is 4.90 Å². The summed E-state index contributed by atoms with van der Waals surface area (Å²) in [5.74, 6) is -0.693. The summed E-state index contributed by atoms with van der Waals surface area (Å²) in [6, 6.07) is 0. The van der Waals surface area contributed by atoms with Gasteiger partial charge >= 0.3 is 5.97 Å². The van der Waals surface area contributed by atoms with Crippen molar-refractivity contribution >= 4 is 5.97 Å². The molecule has 1 aliphatic rings. The lowest BCUT2D eigenvalue weighted by molar-refractivity contribution is -0.137. The van der Waals surface area contributed by atoms with E-state index in [1.807, 2.05) is 0 Å². The van der Waals surface area contributed by atoms with Crippen LogP contribution in [-0.4, -0.2) is 35.6 Å². The van der Waals surface area contributed by atoms with Crippen molar-refractivity contribution in [2.45, 2.75) is 12.8 Å². The largest absolute Gasteiger partial charge is 0.481 e. The van der Waals surface area contributed by atoms with Crippen molar-refractivity contribution < 1.29 is 9.90 Å².